The van der Waals surface area contributed by atoms with E-state index in [0.29, 0.717) is 11.2 Å². The van der Waals surface area contributed by atoms with Crippen molar-refractivity contribution in [2.45, 2.75) is 24.5 Å². The van der Waals surface area contributed by atoms with Crippen LogP contribution in [0.25, 0.3) is 11.2 Å². The number of fused-ring (bicyclic) bond motifs is 1. The monoisotopic (exact) mass is 281 g/mol. The van der Waals surface area contributed by atoms with E-state index in [4.69, 9.17) is 15.3 Å². The second-order valence-electron chi connectivity index (χ2n) is 4.76. The zero-order valence-electron chi connectivity index (χ0n) is 10.7. The van der Waals surface area contributed by atoms with Crippen LogP contribution in [0, 0.1) is 5.41 Å². The van der Waals surface area contributed by atoms with E-state index in [1.54, 1.807) is 7.05 Å². The molecule has 0 unspecified atom stereocenters. The molecular formula is C11H15N5O4. The van der Waals surface area contributed by atoms with E-state index < -0.39 is 31.1 Å². The molecule has 1 saturated heterocycles. The normalized spacial score (nSPS) is 30.2. The molecule has 108 valence electrons. The van der Waals surface area contributed by atoms with Crippen LogP contribution in [0.2, 0.25) is 0 Å². The summed E-state index contributed by atoms with van der Waals surface area (Å²) >= 11 is 0. The van der Waals surface area contributed by atoms with Crippen molar-refractivity contribution >= 4 is 11.2 Å². The molecule has 0 saturated carbocycles. The lowest BCUT2D eigenvalue weighted by molar-refractivity contribution is -0.0511. The minimum absolute atomic E-state index is 0.181. The molecule has 0 bridgehead atoms. The highest BCUT2D eigenvalue weighted by molar-refractivity contribution is 5.68. The van der Waals surface area contributed by atoms with Gasteiger partial charge >= 0.3 is 0 Å². The predicted molar refractivity (Wildman–Crippen MR) is 65.4 cm³/mol. The van der Waals surface area contributed by atoms with Crippen LogP contribution >= 0.6 is 0 Å². The van der Waals surface area contributed by atoms with Crippen LogP contribution in [0.1, 0.15) is 6.23 Å². The summed E-state index contributed by atoms with van der Waals surface area (Å²) in [6.07, 6.45) is -1.28. The molecule has 0 spiro atoms. The standard InChI is InChI=1S/C11H15N5O4/c1-15-3-14-10-6(9(15)12)13-4-16(10)11-8(19)7(18)5(2-17)20-11/h3-5,7-8,11-12,17-19H,2H2,1H3/t5-,7+,8-,11-/m1/s1. The molecule has 4 atom stereocenters. The van der Waals surface area contributed by atoms with Gasteiger partial charge in [-0.2, -0.15) is 0 Å². The Morgan fingerprint density at radius 1 is 1.30 bits per heavy atom. The number of aromatic nitrogens is 4. The zero-order valence-corrected chi connectivity index (χ0v) is 10.7. The molecule has 4 N–H and O–H groups in total. The van der Waals surface area contributed by atoms with Crippen molar-refractivity contribution in [1.82, 2.24) is 19.1 Å². The number of imidazole rings is 1. The van der Waals surface area contributed by atoms with Crippen LogP contribution in [-0.4, -0.2) is 59.3 Å². The van der Waals surface area contributed by atoms with E-state index >= 15 is 0 Å². The quantitative estimate of drug-likeness (QED) is 0.497. The Hall–Kier alpha value is -1.81. The molecule has 9 heteroatoms. The SMILES string of the molecule is Cn1cnc2c(ncn2[C@@H]2O[C@H](CO)[C@H](O)[C@H]2O)c1=N. The van der Waals surface area contributed by atoms with Crippen molar-refractivity contribution in [3.05, 3.63) is 18.1 Å². The molecule has 1 aliphatic rings. The Kier molecular flexibility index (Phi) is 3.05. The van der Waals surface area contributed by atoms with E-state index in [2.05, 4.69) is 9.97 Å². The van der Waals surface area contributed by atoms with E-state index in [0.717, 1.165) is 0 Å². The largest absolute Gasteiger partial charge is 0.394 e. The van der Waals surface area contributed by atoms with Crippen molar-refractivity contribution in [2.24, 2.45) is 7.05 Å². The van der Waals surface area contributed by atoms with Gasteiger partial charge < -0.3 is 24.6 Å². The van der Waals surface area contributed by atoms with Gasteiger partial charge in [0.15, 0.2) is 17.4 Å². The molecule has 2 aromatic heterocycles. The topological polar surface area (TPSA) is 129 Å². The summed E-state index contributed by atoms with van der Waals surface area (Å²) in [4.78, 5) is 8.26. The first-order valence-corrected chi connectivity index (χ1v) is 6.09. The fourth-order valence-corrected chi connectivity index (χ4v) is 2.31. The summed E-state index contributed by atoms with van der Waals surface area (Å²) in [7, 11) is 1.68. The van der Waals surface area contributed by atoms with Crippen LogP contribution in [0.15, 0.2) is 12.7 Å². The first-order valence-electron chi connectivity index (χ1n) is 6.09. The van der Waals surface area contributed by atoms with E-state index in [9.17, 15) is 10.2 Å². The predicted octanol–water partition coefficient (Wildman–Crippen LogP) is -2.14. The number of nitrogens with one attached hydrogen (secondary N) is 1. The Morgan fingerprint density at radius 3 is 2.70 bits per heavy atom. The fourth-order valence-electron chi connectivity index (χ4n) is 2.31. The number of hydrogen-bond acceptors (Lipinski definition) is 7. The van der Waals surface area contributed by atoms with Gasteiger partial charge in [0.25, 0.3) is 0 Å². The van der Waals surface area contributed by atoms with Crippen molar-refractivity contribution < 1.29 is 20.1 Å². The maximum atomic E-state index is 10.00. The summed E-state index contributed by atoms with van der Waals surface area (Å²) < 4.78 is 8.39. The number of ether oxygens (including phenoxy) is 1. The van der Waals surface area contributed by atoms with E-state index in [1.807, 2.05) is 0 Å². The molecule has 0 amide bonds. The molecule has 1 fully saturated rings. The van der Waals surface area contributed by atoms with Crippen LogP contribution in [0.3, 0.4) is 0 Å². The molecule has 3 rings (SSSR count). The average molecular weight is 281 g/mol. The van der Waals surface area contributed by atoms with Gasteiger partial charge in [-0.3, -0.25) is 9.98 Å². The van der Waals surface area contributed by atoms with Crippen LogP contribution in [-0.2, 0) is 11.8 Å². The molecule has 9 nitrogen and oxygen atoms in total. The van der Waals surface area contributed by atoms with Crippen LogP contribution in [0.5, 0.6) is 0 Å². The molecule has 2 aromatic rings. The number of hydrogen-bond donors (Lipinski definition) is 4. The van der Waals surface area contributed by atoms with Gasteiger partial charge in [-0.15, -0.1) is 0 Å². The second-order valence-corrected chi connectivity index (χ2v) is 4.76. The van der Waals surface area contributed by atoms with E-state index in [-0.39, 0.29) is 5.49 Å². The second kappa shape index (κ2) is 4.63. The van der Waals surface area contributed by atoms with Crippen molar-refractivity contribution in [3.8, 4) is 0 Å². The average Bonchev–Trinajstić information content (AvgIpc) is 2.98. The highest BCUT2D eigenvalue weighted by Crippen LogP contribution is 2.30. The Bertz CT molecular complexity index is 696. The number of nitrogens with zero attached hydrogens (tertiary/aromatic N) is 4. The molecule has 0 radical (unpaired) electrons. The molecular weight excluding hydrogens is 266 g/mol. The third-order valence-electron chi connectivity index (χ3n) is 3.49. The lowest BCUT2D eigenvalue weighted by atomic mass is 10.1. The van der Waals surface area contributed by atoms with Crippen LogP contribution in [0.4, 0.5) is 0 Å². The maximum Gasteiger partial charge on any atom is 0.167 e. The number of aliphatic hydroxyl groups excluding tert-OH is 3. The highest BCUT2D eigenvalue weighted by atomic mass is 16.6. The minimum Gasteiger partial charge on any atom is -0.394 e. The van der Waals surface area contributed by atoms with Crippen molar-refractivity contribution in [2.75, 3.05) is 6.61 Å². The number of aliphatic hydroxyl groups is 3. The summed E-state index contributed by atoms with van der Waals surface area (Å²) in [6, 6.07) is 0. The van der Waals surface area contributed by atoms with Gasteiger partial charge in [0.2, 0.25) is 0 Å². The summed E-state index contributed by atoms with van der Waals surface area (Å²) in [5.74, 6) is 0. The van der Waals surface area contributed by atoms with E-state index in [1.165, 1.54) is 21.8 Å². The number of rotatable bonds is 2. The first kappa shape index (κ1) is 13.2. The lowest BCUT2D eigenvalue weighted by Crippen LogP contribution is -2.33. The van der Waals surface area contributed by atoms with Gasteiger partial charge in [-0.05, 0) is 0 Å². The Balaban J connectivity index is 2.08. The minimum atomic E-state index is -1.20. The summed E-state index contributed by atoms with van der Waals surface area (Å²) in [6.45, 7) is -0.395. The maximum absolute atomic E-state index is 10.00. The third-order valence-corrected chi connectivity index (χ3v) is 3.49. The van der Waals surface area contributed by atoms with Gasteiger partial charge in [0.1, 0.15) is 23.8 Å². The zero-order chi connectivity index (χ0) is 14.4. The van der Waals surface area contributed by atoms with Gasteiger partial charge in [0.05, 0.1) is 19.3 Å². The first-order chi connectivity index (χ1) is 9.54. The Labute approximate surface area is 113 Å². The summed E-state index contributed by atoms with van der Waals surface area (Å²) in [5.41, 5.74) is 0.927. The smallest absolute Gasteiger partial charge is 0.167 e. The molecule has 1 aliphatic heterocycles. The lowest BCUT2D eigenvalue weighted by Gasteiger charge is -2.16. The Morgan fingerprint density at radius 2 is 2.05 bits per heavy atom. The van der Waals surface area contributed by atoms with Gasteiger partial charge in [-0.25, -0.2) is 9.97 Å². The molecule has 3 heterocycles. The van der Waals surface area contributed by atoms with Crippen molar-refractivity contribution in [3.63, 3.8) is 0 Å². The molecule has 0 aromatic carbocycles. The third kappa shape index (κ3) is 1.75. The highest BCUT2D eigenvalue weighted by Gasteiger charge is 2.43. The van der Waals surface area contributed by atoms with Gasteiger partial charge in [0, 0.05) is 7.05 Å². The summed E-state index contributed by atoms with van der Waals surface area (Å²) in [5, 5.41) is 36.8. The number of aryl methyl sites for hydroxylation is 1. The fraction of sp³-hybridized carbons (Fsp3) is 0.545. The van der Waals surface area contributed by atoms with Crippen molar-refractivity contribution in [1.29, 1.82) is 5.41 Å². The van der Waals surface area contributed by atoms with Gasteiger partial charge in [-0.1, -0.05) is 0 Å². The van der Waals surface area contributed by atoms with Crippen LogP contribution < -0.4 is 5.49 Å². The molecule has 20 heavy (non-hydrogen) atoms. The molecule has 0 aliphatic carbocycles.